The number of esters is 1. The molecular weight excluding hydrogens is 330 g/mol. The Kier molecular flexibility index (Phi) is 4.76. The summed E-state index contributed by atoms with van der Waals surface area (Å²) < 4.78 is 4.76. The van der Waals surface area contributed by atoms with Crippen LogP contribution in [0.4, 0.5) is 0 Å². The summed E-state index contributed by atoms with van der Waals surface area (Å²) in [6, 6.07) is 4.86. The topological polar surface area (TPSA) is 75.3 Å². The molecule has 0 amide bonds. The molecule has 1 aliphatic carbocycles. The second-order valence-corrected chi connectivity index (χ2v) is 7.56. The molecule has 1 N–H and O–H groups in total. The zero-order valence-corrected chi connectivity index (χ0v) is 15.2. The van der Waals surface area contributed by atoms with Gasteiger partial charge in [0.1, 0.15) is 5.82 Å². The summed E-state index contributed by atoms with van der Waals surface area (Å²) in [7, 11) is 1.35. The van der Waals surface area contributed by atoms with Crippen LogP contribution in [0.1, 0.15) is 48.3 Å². The fourth-order valence-electron chi connectivity index (χ4n) is 4.54. The largest absolute Gasteiger partial charge is 0.465 e. The Morgan fingerprint density at radius 1 is 1.27 bits per heavy atom. The third-order valence-corrected chi connectivity index (χ3v) is 5.93. The molecular formula is C20H25N3O3. The first-order valence-electron chi connectivity index (χ1n) is 9.47. The number of hydrogen-bond donors (Lipinski definition) is 1. The zero-order chi connectivity index (χ0) is 18.1. The Morgan fingerprint density at radius 2 is 2.08 bits per heavy atom. The number of carbonyl (C=O) groups excluding carboxylic acids is 1. The summed E-state index contributed by atoms with van der Waals surface area (Å²) in [5, 5.41) is 0.493. The lowest BCUT2D eigenvalue weighted by atomic mass is 9.75. The van der Waals surface area contributed by atoms with Gasteiger partial charge in [-0.3, -0.25) is 9.69 Å². The Hall–Kier alpha value is -2.21. The average Bonchev–Trinajstić information content (AvgIpc) is 2.67. The van der Waals surface area contributed by atoms with Crippen molar-refractivity contribution < 1.29 is 9.53 Å². The number of H-pyrrole nitrogens is 1. The summed E-state index contributed by atoms with van der Waals surface area (Å²) in [6.45, 7) is 2.80. The zero-order valence-electron chi connectivity index (χ0n) is 15.2. The van der Waals surface area contributed by atoms with Crippen LogP contribution in [0.3, 0.4) is 0 Å². The van der Waals surface area contributed by atoms with Crippen molar-refractivity contribution in [2.45, 2.75) is 38.6 Å². The SMILES string of the molecule is COC(=O)c1ccc2c(=O)[nH]c(CN3CC[C@H]4CCCC[C@H]4C3)nc2c1. The molecule has 4 rings (SSSR count). The second-order valence-electron chi connectivity index (χ2n) is 7.56. The van der Waals surface area contributed by atoms with Crippen LogP contribution in [-0.2, 0) is 11.3 Å². The van der Waals surface area contributed by atoms with Gasteiger partial charge >= 0.3 is 5.97 Å². The molecule has 1 aromatic heterocycles. The average molecular weight is 355 g/mol. The van der Waals surface area contributed by atoms with Gasteiger partial charge < -0.3 is 9.72 Å². The number of likely N-dealkylation sites (tertiary alicyclic amines) is 1. The van der Waals surface area contributed by atoms with Gasteiger partial charge in [-0.2, -0.15) is 0 Å². The van der Waals surface area contributed by atoms with E-state index in [1.807, 2.05) is 0 Å². The highest BCUT2D eigenvalue weighted by atomic mass is 16.5. The van der Waals surface area contributed by atoms with E-state index < -0.39 is 5.97 Å². The van der Waals surface area contributed by atoms with Crippen LogP contribution < -0.4 is 5.56 Å². The number of hydrogen-bond acceptors (Lipinski definition) is 5. The van der Waals surface area contributed by atoms with Gasteiger partial charge in [0.15, 0.2) is 0 Å². The van der Waals surface area contributed by atoms with E-state index in [-0.39, 0.29) is 5.56 Å². The van der Waals surface area contributed by atoms with Gasteiger partial charge in [0, 0.05) is 6.54 Å². The van der Waals surface area contributed by atoms with E-state index in [4.69, 9.17) is 4.74 Å². The lowest BCUT2D eigenvalue weighted by Gasteiger charge is -2.41. The molecule has 0 spiro atoms. The number of nitrogens with one attached hydrogen (secondary N) is 1. The number of aromatic amines is 1. The summed E-state index contributed by atoms with van der Waals surface area (Å²) in [5.74, 6) is 1.91. The molecule has 1 aromatic carbocycles. The van der Waals surface area contributed by atoms with Crippen molar-refractivity contribution in [2.75, 3.05) is 20.2 Å². The molecule has 6 nitrogen and oxygen atoms in total. The number of methoxy groups -OCH3 is 1. The van der Waals surface area contributed by atoms with Crippen molar-refractivity contribution in [3.8, 4) is 0 Å². The minimum Gasteiger partial charge on any atom is -0.465 e. The van der Waals surface area contributed by atoms with Crippen LogP contribution in [0.5, 0.6) is 0 Å². The molecule has 2 fully saturated rings. The maximum absolute atomic E-state index is 12.4. The predicted octanol–water partition coefficient (Wildman–Crippen LogP) is 2.72. The van der Waals surface area contributed by atoms with Gasteiger partial charge in [0.25, 0.3) is 5.56 Å². The van der Waals surface area contributed by atoms with Crippen LogP contribution in [0.2, 0.25) is 0 Å². The van der Waals surface area contributed by atoms with Crippen LogP contribution in [-0.4, -0.2) is 41.0 Å². The molecule has 2 atom stereocenters. The molecule has 2 aliphatic rings. The molecule has 0 bridgehead atoms. The Morgan fingerprint density at radius 3 is 2.88 bits per heavy atom. The summed E-state index contributed by atoms with van der Waals surface area (Å²) in [5.41, 5.74) is 0.792. The quantitative estimate of drug-likeness (QED) is 0.857. The number of nitrogens with zero attached hydrogens (tertiary/aromatic N) is 2. The highest BCUT2D eigenvalue weighted by Crippen LogP contribution is 2.36. The molecule has 1 saturated carbocycles. The first kappa shape index (κ1) is 17.2. The van der Waals surface area contributed by atoms with Gasteiger partial charge in [-0.25, -0.2) is 9.78 Å². The van der Waals surface area contributed by atoms with Gasteiger partial charge in [0.05, 0.1) is 30.1 Å². The van der Waals surface area contributed by atoms with E-state index in [0.29, 0.717) is 28.8 Å². The van der Waals surface area contributed by atoms with Gasteiger partial charge in [-0.15, -0.1) is 0 Å². The summed E-state index contributed by atoms with van der Waals surface area (Å²) >= 11 is 0. The van der Waals surface area contributed by atoms with E-state index >= 15 is 0 Å². The minimum atomic E-state index is -0.421. The van der Waals surface area contributed by atoms with Crippen molar-refractivity contribution in [1.29, 1.82) is 0 Å². The highest BCUT2D eigenvalue weighted by molar-refractivity contribution is 5.93. The molecule has 0 unspecified atom stereocenters. The Labute approximate surface area is 152 Å². The lowest BCUT2D eigenvalue weighted by Crippen LogP contribution is -2.41. The van der Waals surface area contributed by atoms with Gasteiger partial charge in [-0.05, 0) is 49.4 Å². The van der Waals surface area contributed by atoms with Crippen LogP contribution >= 0.6 is 0 Å². The molecule has 6 heteroatoms. The van der Waals surface area contributed by atoms with E-state index in [0.717, 1.165) is 24.9 Å². The predicted molar refractivity (Wildman–Crippen MR) is 99.0 cm³/mol. The standard InChI is InChI=1S/C20H25N3O3/c1-26-20(25)14-6-7-16-17(10-14)21-18(22-19(16)24)12-23-9-8-13-4-2-3-5-15(13)11-23/h6-7,10,13,15H,2-5,8-9,11-12H2,1H3,(H,21,22,24)/t13-,15+/m1/s1. The summed E-state index contributed by atoms with van der Waals surface area (Å²) in [6.07, 6.45) is 6.67. The molecule has 2 aromatic rings. The first-order valence-corrected chi connectivity index (χ1v) is 9.47. The fourth-order valence-corrected chi connectivity index (χ4v) is 4.54. The van der Waals surface area contributed by atoms with Crippen molar-refractivity contribution in [3.63, 3.8) is 0 Å². The van der Waals surface area contributed by atoms with E-state index in [1.165, 1.54) is 39.2 Å². The number of piperidine rings is 1. The third kappa shape index (κ3) is 3.38. The molecule has 26 heavy (non-hydrogen) atoms. The Bertz CT molecular complexity index is 876. The first-order chi connectivity index (χ1) is 12.6. The Balaban J connectivity index is 1.56. The molecule has 1 aliphatic heterocycles. The third-order valence-electron chi connectivity index (χ3n) is 5.93. The van der Waals surface area contributed by atoms with Crippen molar-refractivity contribution in [3.05, 3.63) is 39.9 Å². The smallest absolute Gasteiger partial charge is 0.337 e. The van der Waals surface area contributed by atoms with Crippen LogP contribution in [0.15, 0.2) is 23.0 Å². The van der Waals surface area contributed by atoms with E-state index in [2.05, 4.69) is 14.9 Å². The molecule has 138 valence electrons. The molecule has 2 heterocycles. The van der Waals surface area contributed by atoms with Crippen molar-refractivity contribution in [2.24, 2.45) is 11.8 Å². The number of benzene rings is 1. The monoisotopic (exact) mass is 355 g/mol. The van der Waals surface area contributed by atoms with Crippen LogP contribution in [0, 0.1) is 11.8 Å². The lowest BCUT2D eigenvalue weighted by molar-refractivity contribution is 0.0601. The molecule has 1 saturated heterocycles. The fraction of sp³-hybridized carbons (Fsp3) is 0.550. The van der Waals surface area contributed by atoms with Crippen molar-refractivity contribution in [1.82, 2.24) is 14.9 Å². The number of aromatic nitrogens is 2. The van der Waals surface area contributed by atoms with Crippen LogP contribution in [0.25, 0.3) is 10.9 Å². The maximum atomic E-state index is 12.4. The maximum Gasteiger partial charge on any atom is 0.337 e. The summed E-state index contributed by atoms with van der Waals surface area (Å²) in [4.78, 5) is 34.0. The van der Waals surface area contributed by atoms with Crippen molar-refractivity contribution >= 4 is 16.9 Å². The highest BCUT2D eigenvalue weighted by Gasteiger charge is 2.31. The van der Waals surface area contributed by atoms with E-state index in [1.54, 1.807) is 18.2 Å². The number of ether oxygens (including phenoxy) is 1. The minimum absolute atomic E-state index is 0.158. The van der Waals surface area contributed by atoms with Gasteiger partial charge in [-0.1, -0.05) is 19.3 Å². The normalized spacial score (nSPS) is 23.6. The molecule has 0 radical (unpaired) electrons. The number of rotatable bonds is 3. The van der Waals surface area contributed by atoms with E-state index in [9.17, 15) is 9.59 Å². The van der Waals surface area contributed by atoms with Gasteiger partial charge in [0.2, 0.25) is 0 Å². The number of fused-ring (bicyclic) bond motifs is 2. The number of carbonyl (C=O) groups is 1. The second kappa shape index (κ2) is 7.19.